The Kier molecular flexibility index (Phi) is 4.73. The van der Waals surface area contributed by atoms with E-state index >= 15 is 0 Å². The van der Waals surface area contributed by atoms with Crippen LogP contribution in [0.25, 0.3) is 0 Å². The number of methoxy groups -OCH3 is 1. The predicted molar refractivity (Wildman–Crippen MR) is 79.6 cm³/mol. The van der Waals surface area contributed by atoms with Crippen LogP contribution in [0.5, 0.6) is 5.75 Å². The van der Waals surface area contributed by atoms with Crippen LogP contribution >= 0.6 is 11.8 Å². The molecule has 0 radical (unpaired) electrons. The Bertz CT molecular complexity index is 528. The van der Waals surface area contributed by atoms with Gasteiger partial charge < -0.3 is 21.0 Å². The molecule has 1 unspecified atom stereocenters. The number of amides is 1. The number of carbonyl (C=O) groups is 1. The first kappa shape index (κ1) is 14.5. The van der Waals surface area contributed by atoms with Crippen molar-refractivity contribution in [2.45, 2.75) is 18.1 Å². The Balaban J connectivity index is 2.17. The zero-order chi connectivity index (χ0) is 14.5. The van der Waals surface area contributed by atoms with Crippen molar-refractivity contribution in [3.63, 3.8) is 0 Å². The summed E-state index contributed by atoms with van der Waals surface area (Å²) in [6.07, 6.45) is 1.98. The number of nitrogens with zero attached hydrogens (tertiary/aromatic N) is 1. The number of oxime groups is 1. The molecule has 1 aromatic carbocycles. The van der Waals surface area contributed by atoms with Crippen LogP contribution in [-0.4, -0.2) is 35.1 Å². The highest BCUT2D eigenvalue weighted by atomic mass is 32.2. The summed E-state index contributed by atoms with van der Waals surface area (Å²) in [4.78, 5) is 12.1. The molecule has 2 rings (SSSR count). The molecule has 20 heavy (non-hydrogen) atoms. The smallest absolute Gasteiger partial charge is 0.237 e. The first-order chi connectivity index (χ1) is 9.65. The lowest BCUT2D eigenvalue weighted by molar-refractivity contribution is -0.115. The van der Waals surface area contributed by atoms with Gasteiger partial charge in [0, 0.05) is 5.56 Å². The van der Waals surface area contributed by atoms with Crippen LogP contribution in [0.4, 0.5) is 5.69 Å². The maximum absolute atomic E-state index is 12.1. The summed E-state index contributed by atoms with van der Waals surface area (Å²) in [6, 6.07) is 4.96. The van der Waals surface area contributed by atoms with E-state index in [4.69, 9.17) is 15.7 Å². The molecule has 0 aromatic heterocycles. The average Bonchev–Trinajstić information content (AvgIpc) is 3.01. The van der Waals surface area contributed by atoms with Crippen LogP contribution in [0.3, 0.4) is 0 Å². The van der Waals surface area contributed by atoms with E-state index in [9.17, 15) is 4.79 Å². The van der Waals surface area contributed by atoms with Crippen molar-refractivity contribution in [2.24, 2.45) is 10.9 Å². The third-order valence-corrected chi connectivity index (χ3v) is 4.46. The molecule has 1 aromatic rings. The molecule has 1 saturated heterocycles. The fraction of sp³-hybridized carbons (Fsp3) is 0.385. The second-order valence-corrected chi connectivity index (χ2v) is 5.70. The third kappa shape index (κ3) is 3.16. The van der Waals surface area contributed by atoms with Gasteiger partial charge in [0.05, 0.1) is 18.0 Å². The van der Waals surface area contributed by atoms with Crippen molar-refractivity contribution in [2.75, 3.05) is 18.2 Å². The van der Waals surface area contributed by atoms with Crippen LogP contribution in [0.1, 0.15) is 18.4 Å². The van der Waals surface area contributed by atoms with Crippen molar-refractivity contribution in [1.29, 1.82) is 0 Å². The zero-order valence-corrected chi connectivity index (χ0v) is 11.9. The summed E-state index contributed by atoms with van der Waals surface area (Å²) in [7, 11) is 1.51. The van der Waals surface area contributed by atoms with Gasteiger partial charge in [0.15, 0.2) is 5.84 Å². The number of anilines is 1. The lowest BCUT2D eigenvalue weighted by atomic mass is 10.1. The third-order valence-electron chi connectivity index (χ3n) is 3.09. The van der Waals surface area contributed by atoms with Gasteiger partial charge >= 0.3 is 0 Å². The lowest BCUT2D eigenvalue weighted by Crippen LogP contribution is -2.23. The first-order valence-electron chi connectivity index (χ1n) is 6.24. The Morgan fingerprint density at radius 3 is 3.00 bits per heavy atom. The second kappa shape index (κ2) is 6.51. The minimum atomic E-state index is -0.0117. The highest BCUT2D eigenvalue weighted by molar-refractivity contribution is 8.00. The van der Waals surface area contributed by atoms with Gasteiger partial charge in [0.1, 0.15) is 5.75 Å². The maximum Gasteiger partial charge on any atom is 0.237 e. The Morgan fingerprint density at radius 2 is 2.40 bits per heavy atom. The van der Waals surface area contributed by atoms with Crippen LogP contribution < -0.4 is 15.8 Å². The van der Waals surface area contributed by atoms with Crippen molar-refractivity contribution >= 4 is 29.2 Å². The van der Waals surface area contributed by atoms with Crippen LogP contribution in [0, 0.1) is 0 Å². The molecule has 0 spiro atoms. The van der Waals surface area contributed by atoms with E-state index in [1.54, 1.807) is 30.0 Å². The van der Waals surface area contributed by atoms with E-state index in [1.165, 1.54) is 7.11 Å². The summed E-state index contributed by atoms with van der Waals surface area (Å²) >= 11 is 1.67. The molecule has 0 aliphatic carbocycles. The van der Waals surface area contributed by atoms with Crippen LogP contribution in [-0.2, 0) is 4.79 Å². The molecule has 7 heteroatoms. The number of benzene rings is 1. The molecule has 0 bridgehead atoms. The van der Waals surface area contributed by atoms with Gasteiger partial charge in [0.25, 0.3) is 0 Å². The average molecular weight is 295 g/mol. The Labute approximate surface area is 121 Å². The number of hydrogen-bond acceptors (Lipinski definition) is 5. The second-order valence-electron chi connectivity index (χ2n) is 4.39. The molecule has 1 aliphatic rings. The number of hydrogen-bond donors (Lipinski definition) is 3. The summed E-state index contributed by atoms with van der Waals surface area (Å²) < 4.78 is 5.23. The molecule has 1 heterocycles. The summed E-state index contributed by atoms with van der Waals surface area (Å²) in [5.74, 6) is 1.48. The van der Waals surface area contributed by atoms with Gasteiger partial charge in [-0.2, -0.15) is 0 Å². The van der Waals surface area contributed by atoms with Crippen molar-refractivity contribution in [3.05, 3.63) is 23.8 Å². The standard InChI is InChI=1S/C13H17N3O3S/c1-19-10-7-8(12(14)16-18)4-5-9(10)15-13(17)11-3-2-6-20-11/h4-5,7,11,18H,2-3,6H2,1H3,(H2,14,16)(H,15,17). The fourth-order valence-electron chi connectivity index (χ4n) is 2.01. The molecule has 0 saturated carbocycles. The summed E-state index contributed by atoms with van der Waals surface area (Å²) in [6.45, 7) is 0. The van der Waals surface area contributed by atoms with Crippen LogP contribution in [0.15, 0.2) is 23.4 Å². The summed E-state index contributed by atoms with van der Waals surface area (Å²) in [5.41, 5.74) is 6.63. The normalized spacial score (nSPS) is 18.9. The topological polar surface area (TPSA) is 96.9 Å². The molecule has 1 amide bonds. The Hall–Kier alpha value is -1.89. The van der Waals surface area contributed by atoms with E-state index < -0.39 is 0 Å². The number of carbonyl (C=O) groups excluding carboxylic acids is 1. The lowest BCUT2D eigenvalue weighted by Gasteiger charge is -2.14. The van der Waals surface area contributed by atoms with Gasteiger partial charge in [0.2, 0.25) is 5.91 Å². The maximum atomic E-state index is 12.1. The van der Waals surface area contributed by atoms with Gasteiger partial charge in [-0.3, -0.25) is 4.79 Å². The van der Waals surface area contributed by atoms with Crippen molar-refractivity contribution in [3.8, 4) is 5.75 Å². The molecule has 108 valence electrons. The van der Waals surface area contributed by atoms with E-state index in [1.807, 2.05) is 0 Å². The number of nitrogens with two attached hydrogens (primary N) is 1. The van der Waals surface area contributed by atoms with Crippen LogP contribution in [0.2, 0.25) is 0 Å². The van der Waals surface area contributed by atoms with E-state index in [0.717, 1.165) is 18.6 Å². The predicted octanol–water partition coefficient (Wildman–Crippen LogP) is 1.62. The van der Waals surface area contributed by atoms with Crippen molar-refractivity contribution in [1.82, 2.24) is 0 Å². The van der Waals surface area contributed by atoms with E-state index in [-0.39, 0.29) is 17.0 Å². The van der Waals surface area contributed by atoms with Gasteiger partial charge in [-0.15, -0.1) is 11.8 Å². The number of thioether (sulfide) groups is 1. The molecule has 1 atom stereocenters. The first-order valence-corrected chi connectivity index (χ1v) is 7.29. The number of amidine groups is 1. The molecule has 4 N–H and O–H groups in total. The monoisotopic (exact) mass is 295 g/mol. The van der Waals surface area contributed by atoms with Gasteiger partial charge in [-0.05, 0) is 36.8 Å². The molecular formula is C13H17N3O3S. The van der Waals surface area contributed by atoms with Crippen molar-refractivity contribution < 1.29 is 14.7 Å². The fourth-order valence-corrected chi connectivity index (χ4v) is 3.17. The molecule has 1 aliphatic heterocycles. The zero-order valence-electron chi connectivity index (χ0n) is 11.1. The van der Waals surface area contributed by atoms with E-state index in [2.05, 4.69) is 10.5 Å². The SMILES string of the molecule is COc1cc(/C(N)=N/O)ccc1NC(=O)C1CCCS1. The largest absolute Gasteiger partial charge is 0.495 e. The minimum Gasteiger partial charge on any atom is -0.495 e. The number of nitrogens with one attached hydrogen (secondary N) is 1. The van der Waals surface area contributed by atoms with E-state index in [0.29, 0.717) is 17.0 Å². The molecular weight excluding hydrogens is 278 g/mol. The molecule has 1 fully saturated rings. The number of rotatable bonds is 4. The van der Waals surface area contributed by atoms with Gasteiger partial charge in [-0.1, -0.05) is 5.16 Å². The number of ether oxygens (including phenoxy) is 1. The minimum absolute atomic E-state index is 0.00320. The Morgan fingerprint density at radius 1 is 1.60 bits per heavy atom. The highest BCUT2D eigenvalue weighted by Gasteiger charge is 2.24. The quantitative estimate of drug-likeness (QED) is 0.339. The molecule has 6 nitrogen and oxygen atoms in total. The highest BCUT2D eigenvalue weighted by Crippen LogP contribution is 2.30. The van der Waals surface area contributed by atoms with Gasteiger partial charge in [-0.25, -0.2) is 0 Å². The summed E-state index contributed by atoms with van der Waals surface area (Å²) in [5, 5.41) is 14.5.